The molecule has 5 nitrogen and oxygen atoms in total. The molecular weight excluding hydrogens is 294 g/mol. The maximum absolute atomic E-state index is 12.0. The van der Waals surface area contributed by atoms with Gasteiger partial charge in [0.1, 0.15) is 12.4 Å². The summed E-state index contributed by atoms with van der Waals surface area (Å²) < 4.78 is 5.75. The normalized spacial score (nSPS) is 17.3. The van der Waals surface area contributed by atoms with Crippen LogP contribution in [0.15, 0.2) is 54.6 Å². The van der Waals surface area contributed by atoms with Crippen LogP contribution in [0.25, 0.3) is 0 Å². The van der Waals surface area contributed by atoms with Crippen molar-refractivity contribution in [2.24, 2.45) is 5.92 Å². The number of benzene rings is 2. The van der Waals surface area contributed by atoms with Crippen LogP contribution < -0.4 is 9.64 Å². The highest BCUT2D eigenvalue weighted by molar-refractivity contribution is 5.99. The summed E-state index contributed by atoms with van der Waals surface area (Å²) in [5, 5.41) is 9.06. The molecule has 118 valence electrons. The van der Waals surface area contributed by atoms with Crippen LogP contribution in [0.2, 0.25) is 0 Å². The van der Waals surface area contributed by atoms with Gasteiger partial charge in [-0.1, -0.05) is 36.4 Å². The molecule has 1 N–H and O–H groups in total. The number of carboxylic acids is 1. The highest BCUT2D eigenvalue weighted by Crippen LogP contribution is 2.28. The van der Waals surface area contributed by atoms with Gasteiger partial charge in [0.2, 0.25) is 5.91 Å². The summed E-state index contributed by atoms with van der Waals surface area (Å²) in [6.45, 7) is 0.645. The highest BCUT2D eigenvalue weighted by atomic mass is 16.5. The Labute approximate surface area is 134 Å². The van der Waals surface area contributed by atoms with Crippen molar-refractivity contribution in [2.75, 3.05) is 11.4 Å². The average Bonchev–Trinajstić information content (AvgIpc) is 2.96. The Hall–Kier alpha value is -2.82. The van der Waals surface area contributed by atoms with E-state index in [0.29, 0.717) is 18.0 Å². The van der Waals surface area contributed by atoms with Gasteiger partial charge in [-0.15, -0.1) is 0 Å². The van der Waals surface area contributed by atoms with Crippen LogP contribution in [0.4, 0.5) is 5.69 Å². The molecule has 0 aliphatic carbocycles. The van der Waals surface area contributed by atoms with E-state index in [1.165, 1.54) is 4.90 Å². The lowest BCUT2D eigenvalue weighted by molar-refractivity contribution is -0.141. The van der Waals surface area contributed by atoms with Gasteiger partial charge < -0.3 is 14.7 Å². The van der Waals surface area contributed by atoms with Crippen molar-refractivity contribution in [3.63, 3.8) is 0 Å². The zero-order valence-electron chi connectivity index (χ0n) is 12.5. The molecule has 1 fully saturated rings. The number of carboxylic acid groups (broad SMARTS) is 1. The van der Waals surface area contributed by atoms with Crippen molar-refractivity contribution < 1.29 is 19.4 Å². The monoisotopic (exact) mass is 311 g/mol. The lowest BCUT2D eigenvalue weighted by Crippen LogP contribution is -2.25. The first kappa shape index (κ1) is 15.1. The number of amides is 1. The molecule has 0 saturated carbocycles. The molecule has 1 atom stereocenters. The standard InChI is InChI=1S/C18H17NO4/c20-17-9-14(18(21)22)11-19(17)15-7-4-8-16(10-15)23-12-13-5-2-1-3-6-13/h1-8,10,14H,9,11-12H2,(H,21,22). The van der Waals surface area contributed by atoms with Crippen LogP contribution in [0, 0.1) is 5.92 Å². The molecule has 3 rings (SSSR count). The highest BCUT2D eigenvalue weighted by Gasteiger charge is 2.35. The van der Waals surface area contributed by atoms with Gasteiger partial charge in [0.25, 0.3) is 0 Å². The van der Waals surface area contributed by atoms with E-state index < -0.39 is 11.9 Å². The first-order valence-corrected chi connectivity index (χ1v) is 7.43. The predicted molar refractivity (Wildman–Crippen MR) is 85.3 cm³/mol. The molecule has 1 amide bonds. The third-order valence-corrected chi connectivity index (χ3v) is 3.85. The topological polar surface area (TPSA) is 66.8 Å². The third-order valence-electron chi connectivity index (χ3n) is 3.85. The van der Waals surface area contributed by atoms with Gasteiger partial charge in [-0.2, -0.15) is 0 Å². The minimum absolute atomic E-state index is 0.0461. The zero-order valence-corrected chi connectivity index (χ0v) is 12.5. The number of ether oxygens (including phenoxy) is 1. The molecular formula is C18H17NO4. The van der Waals surface area contributed by atoms with Gasteiger partial charge in [0.15, 0.2) is 0 Å². The van der Waals surface area contributed by atoms with Crippen LogP contribution in [0.5, 0.6) is 5.75 Å². The van der Waals surface area contributed by atoms with Gasteiger partial charge in [-0.3, -0.25) is 9.59 Å². The molecule has 1 saturated heterocycles. The maximum atomic E-state index is 12.0. The molecule has 0 bridgehead atoms. The van der Waals surface area contributed by atoms with Crippen LogP contribution in [0.3, 0.4) is 0 Å². The molecule has 5 heteroatoms. The molecule has 1 aliphatic heterocycles. The number of hydrogen-bond acceptors (Lipinski definition) is 3. The second kappa shape index (κ2) is 6.52. The van der Waals surface area contributed by atoms with Crippen molar-refractivity contribution in [3.05, 3.63) is 60.2 Å². The molecule has 23 heavy (non-hydrogen) atoms. The van der Waals surface area contributed by atoms with E-state index in [9.17, 15) is 9.59 Å². The molecule has 2 aromatic rings. The number of nitrogens with zero attached hydrogens (tertiary/aromatic N) is 1. The van der Waals surface area contributed by atoms with E-state index in [1.807, 2.05) is 36.4 Å². The molecule has 1 aliphatic rings. The number of carbonyl (C=O) groups excluding carboxylic acids is 1. The molecule has 0 radical (unpaired) electrons. The Bertz CT molecular complexity index is 714. The summed E-state index contributed by atoms with van der Waals surface area (Å²) in [6, 6.07) is 17.0. The molecule has 0 aromatic heterocycles. The third kappa shape index (κ3) is 3.51. The van der Waals surface area contributed by atoms with Crippen molar-refractivity contribution in [2.45, 2.75) is 13.0 Å². The van der Waals surface area contributed by atoms with E-state index in [0.717, 1.165) is 5.56 Å². The van der Waals surface area contributed by atoms with Crippen molar-refractivity contribution in [3.8, 4) is 5.75 Å². The summed E-state index contributed by atoms with van der Waals surface area (Å²) >= 11 is 0. The largest absolute Gasteiger partial charge is 0.489 e. The van der Waals surface area contributed by atoms with Gasteiger partial charge in [-0.25, -0.2) is 0 Å². The minimum atomic E-state index is -0.933. The Morgan fingerprint density at radius 3 is 2.65 bits per heavy atom. The molecule has 1 heterocycles. The minimum Gasteiger partial charge on any atom is -0.489 e. The number of rotatable bonds is 5. The second-order valence-corrected chi connectivity index (χ2v) is 5.52. The van der Waals surface area contributed by atoms with Crippen LogP contribution in [0.1, 0.15) is 12.0 Å². The fourth-order valence-electron chi connectivity index (χ4n) is 2.60. The summed E-state index contributed by atoms with van der Waals surface area (Å²) in [7, 11) is 0. The van der Waals surface area contributed by atoms with E-state index in [1.54, 1.807) is 18.2 Å². The fraction of sp³-hybridized carbons (Fsp3) is 0.222. The number of hydrogen-bond donors (Lipinski definition) is 1. The van der Waals surface area contributed by atoms with E-state index >= 15 is 0 Å². The Kier molecular flexibility index (Phi) is 4.28. The summed E-state index contributed by atoms with van der Waals surface area (Å²) in [4.78, 5) is 24.6. The molecule has 2 aromatic carbocycles. The van der Waals surface area contributed by atoms with Crippen molar-refractivity contribution >= 4 is 17.6 Å². The Morgan fingerprint density at radius 2 is 1.96 bits per heavy atom. The summed E-state index contributed by atoms with van der Waals surface area (Å²) in [5.74, 6) is -1.09. The van der Waals surface area contributed by atoms with Crippen molar-refractivity contribution in [1.82, 2.24) is 0 Å². The van der Waals surface area contributed by atoms with Crippen LogP contribution in [-0.4, -0.2) is 23.5 Å². The van der Waals surface area contributed by atoms with E-state index in [2.05, 4.69) is 0 Å². The molecule has 0 spiro atoms. The maximum Gasteiger partial charge on any atom is 0.308 e. The Morgan fingerprint density at radius 1 is 1.17 bits per heavy atom. The number of carbonyl (C=O) groups is 2. The zero-order chi connectivity index (χ0) is 16.2. The smallest absolute Gasteiger partial charge is 0.308 e. The Balaban J connectivity index is 1.70. The number of anilines is 1. The number of aliphatic carboxylic acids is 1. The fourth-order valence-corrected chi connectivity index (χ4v) is 2.60. The predicted octanol–water partition coefficient (Wildman–Crippen LogP) is 2.70. The first-order chi connectivity index (χ1) is 11.1. The van der Waals surface area contributed by atoms with Crippen LogP contribution in [-0.2, 0) is 16.2 Å². The van der Waals surface area contributed by atoms with E-state index in [-0.39, 0.29) is 18.9 Å². The lowest BCUT2D eigenvalue weighted by Gasteiger charge is -2.17. The lowest BCUT2D eigenvalue weighted by atomic mass is 10.1. The van der Waals surface area contributed by atoms with Crippen molar-refractivity contribution in [1.29, 1.82) is 0 Å². The summed E-state index contributed by atoms with van der Waals surface area (Å²) in [6.07, 6.45) is 0.0461. The van der Waals surface area contributed by atoms with Gasteiger partial charge in [0.05, 0.1) is 5.92 Å². The quantitative estimate of drug-likeness (QED) is 0.922. The average molecular weight is 311 g/mol. The van der Waals surface area contributed by atoms with Crippen LogP contribution >= 0.6 is 0 Å². The van der Waals surface area contributed by atoms with E-state index in [4.69, 9.17) is 9.84 Å². The van der Waals surface area contributed by atoms with Gasteiger partial charge in [-0.05, 0) is 17.7 Å². The molecule has 1 unspecified atom stereocenters. The summed E-state index contributed by atoms with van der Waals surface area (Å²) in [5.41, 5.74) is 1.73. The second-order valence-electron chi connectivity index (χ2n) is 5.52. The first-order valence-electron chi connectivity index (χ1n) is 7.43. The van der Waals surface area contributed by atoms with Gasteiger partial charge in [0, 0.05) is 24.7 Å². The SMILES string of the molecule is O=C(O)C1CC(=O)N(c2cccc(OCc3ccccc3)c2)C1. The van der Waals surface area contributed by atoms with Gasteiger partial charge >= 0.3 is 5.97 Å².